The van der Waals surface area contributed by atoms with Gasteiger partial charge in [-0.3, -0.25) is 4.79 Å². The van der Waals surface area contributed by atoms with Crippen molar-refractivity contribution in [3.8, 4) is 0 Å². The van der Waals surface area contributed by atoms with Crippen LogP contribution in [0.2, 0.25) is 0 Å². The first-order valence-corrected chi connectivity index (χ1v) is 7.07. The van der Waals surface area contributed by atoms with Crippen LogP contribution in [-0.4, -0.2) is 30.4 Å². The Balaban J connectivity index is 2.60. The van der Waals surface area contributed by atoms with Crippen LogP contribution in [0.5, 0.6) is 0 Å². The zero-order chi connectivity index (χ0) is 14.4. The van der Waals surface area contributed by atoms with Crippen LogP contribution in [0.4, 0.5) is 0 Å². The number of nitrogens with zero attached hydrogens (tertiary/aromatic N) is 1. The molecule has 1 unspecified atom stereocenters. The van der Waals surface area contributed by atoms with Crippen molar-refractivity contribution in [2.75, 3.05) is 19.6 Å². The van der Waals surface area contributed by atoms with E-state index >= 15 is 0 Å². The van der Waals surface area contributed by atoms with Gasteiger partial charge in [0.25, 0.3) is 0 Å². The largest absolute Gasteiger partial charge is 0.342 e. The molecular weight excluding hydrogens is 236 g/mol. The van der Waals surface area contributed by atoms with Gasteiger partial charge in [0.1, 0.15) is 0 Å². The van der Waals surface area contributed by atoms with Crippen molar-refractivity contribution in [1.29, 1.82) is 0 Å². The van der Waals surface area contributed by atoms with Crippen molar-refractivity contribution in [3.05, 3.63) is 34.9 Å². The molecule has 0 heterocycles. The lowest BCUT2D eigenvalue weighted by Gasteiger charge is -2.21. The Kier molecular flexibility index (Phi) is 6.03. The highest BCUT2D eigenvalue weighted by Gasteiger charge is 2.13. The zero-order valence-electron chi connectivity index (χ0n) is 12.8. The normalized spacial score (nSPS) is 12.3. The lowest BCUT2D eigenvalue weighted by molar-refractivity contribution is -0.129. The molecule has 1 rings (SSSR count). The highest BCUT2D eigenvalue weighted by Crippen LogP contribution is 2.18. The molecule has 0 saturated heterocycles. The highest BCUT2D eigenvalue weighted by molar-refractivity contribution is 5.78. The molecule has 0 aliphatic carbocycles. The predicted molar refractivity (Wildman–Crippen MR) is 80.3 cm³/mol. The highest BCUT2D eigenvalue weighted by atomic mass is 16.2. The maximum Gasteiger partial charge on any atom is 0.236 e. The van der Waals surface area contributed by atoms with E-state index in [1.807, 2.05) is 18.7 Å². The van der Waals surface area contributed by atoms with Gasteiger partial charge in [-0.1, -0.05) is 23.8 Å². The summed E-state index contributed by atoms with van der Waals surface area (Å²) in [5.74, 6) is 0.168. The number of nitrogens with one attached hydrogen (secondary N) is 1. The van der Waals surface area contributed by atoms with Crippen molar-refractivity contribution in [3.63, 3.8) is 0 Å². The summed E-state index contributed by atoms with van der Waals surface area (Å²) < 4.78 is 0. The number of hydrogen-bond acceptors (Lipinski definition) is 2. The van der Waals surface area contributed by atoms with Crippen molar-refractivity contribution < 1.29 is 4.79 Å². The summed E-state index contributed by atoms with van der Waals surface area (Å²) >= 11 is 0. The third-order valence-corrected chi connectivity index (χ3v) is 3.57. The summed E-state index contributed by atoms with van der Waals surface area (Å²) in [6.45, 7) is 12.3. The first kappa shape index (κ1) is 15.7. The summed E-state index contributed by atoms with van der Waals surface area (Å²) in [6, 6.07) is 6.64. The molecule has 19 heavy (non-hydrogen) atoms. The summed E-state index contributed by atoms with van der Waals surface area (Å²) in [7, 11) is 0. The average Bonchev–Trinajstić information content (AvgIpc) is 2.37. The van der Waals surface area contributed by atoms with Gasteiger partial charge in [0, 0.05) is 19.1 Å². The van der Waals surface area contributed by atoms with Crippen LogP contribution in [0.15, 0.2) is 18.2 Å². The maximum atomic E-state index is 11.9. The minimum atomic E-state index is 0.168. The number of aryl methyl sites for hydroxylation is 2. The van der Waals surface area contributed by atoms with Gasteiger partial charge in [-0.15, -0.1) is 0 Å². The molecule has 0 spiro atoms. The van der Waals surface area contributed by atoms with Crippen LogP contribution in [0, 0.1) is 13.8 Å². The van der Waals surface area contributed by atoms with E-state index in [0.29, 0.717) is 6.54 Å². The quantitative estimate of drug-likeness (QED) is 0.855. The van der Waals surface area contributed by atoms with Gasteiger partial charge in [-0.2, -0.15) is 0 Å². The van der Waals surface area contributed by atoms with E-state index < -0.39 is 0 Å². The zero-order valence-corrected chi connectivity index (χ0v) is 12.8. The lowest BCUT2D eigenvalue weighted by atomic mass is 10.0. The molecule has 0 aromatic heterocycles. The van der Waals surface area contributed by atoms with Crippen LogP contribution in [0.25, 0.3) is 0 Å². The molecular formula is C16H26N2O. The van der Waals surface area contributed by atoms with Crippen molar-refractivity contribution in [2.45, 2.75) is 40.7 Å². The molecule has 0 radical (unpaired) electrons. The van der Waals surface area contributed by atoms with E-state index in [2.05, 4.69) is 44.3 Å². The molecule has 1 aromatic carbocycles. The van der Waals surface area contributed by atoms with E-state index in [0.717, 1.165) is 13.1 Å². The smallest absolute Gasteiger partial charge is 0.236 e. The summed E-state index contributed by atoms with van der Waals surface area (Å²) in [6.07, 6.45) is 0. The van der Waals surface area contributed by atoms with Gasteiger partial charge in [0.15, 0.2) is 0 Å². The molecule has 106 valence electrons. The Morgan fingerprint density at radius 2 is 1.89 bits per heavy atom. The van der Waals surface area contributed by atoms with E-state index in [1.165, 1.54) is 16.7 Å². The fourth-order valence-corrected chi connectivity index (χ4v) is 2.35. The van der Waals surface area contributed by atoms with Gasteiger partial charge in [-0.25, -0.2) is 0 Å². The molecule has 3 heteroatoms. The van der Waals surface area contributed by atoms with Gasteiger partial charge >= 0.3 is 0 Å². The van der Waals surface area contributed by atoms with Gasteiger partial charge in [-0.05, 0) is 45.7 Å². The van der Waals surface area contributed by atoms with Gasteiger partial charge in [0.05, 0.1) is 6.54 Å². The number of carbonyl (C=O) groups is 1. The number of benzene rings is 1. The minimum absolute atomic E-state index is 0.168. The molecule has 0 bridgehead atoms. The van der Waals surface area contributed by atoms with E-state index in [-0.39, 0.29) is 11.9 Å². The summed E-state index contributed by atoms with van der Waals surface area (Å²) in [5, 5.41) is 3.32. The fourth-order valence-electron chi connectivity index (χ4n) is 2.35. The number of amides is 1. The van der Waals surface area contributed by atoms with Crippen LogP contribution in [-0.2, 0) is 4.79 Å². The van der Waals surface area contributed by atoms with E-state index in [9.17, 15) is 4.79 Å². The molecule has 1 amide bonds. The number of hydrogen-bond donors (Lipinski definition) is 1. The Hall–Kier alpha value is -1.35. The van der Waals surface area contributed by atoms with Crippen LogP contribution in [0.1, 0.15) is 43.5 Å². The number of carbonyl (C=O) groups excluding carboxylic acids is 1. The maximum absolute atomic E-state index is 11.9. The molecule has 1 atom stereocenters. The first-order chi connectivity index (χ1) is 8.99. The second kappa shape index (κ2) is 7.29. The second-order valence-corrected chi connectivity index (χ2v) is 5.03. The standard InChI is InChI=1S/C16H26N2O/c1-6-18(7-2)16(19)11-17-14(5)15-9-8-12(3)10-13(15)4/h8-10,14,17H,6-7,11H2,1-5H3. The fraction of sp³-hybridized carbons (Fsp3) is 0.562. The molecule has 3 nitrogen and oxygen atoms in total. The Labute approximate surface area is 117 Å². The Morgan fingerprint density at radius 1 is 1.26 bits per heavy atom. The van der Waals surface area contributed by atoms with Gasteiger partial charge in [0.2, 0.25) is 5.91 Å². The van der Waals surface area contributed by atoms with Crippen molar-refractivity contribution in [1.82, 2.24) is 10.2 Å². The van der Waals surface area contributed by atoms with E-state index in [1.54, 1.807) is 0 Å². The third-order valence-electron chi connectivity index (χ3n) is 3.57. The number of rotatable bonds is 6. The summed E-state index contributed by atoms with van der Waals surface area (Å²) in [5.41, 5.74) is 3.81. The Morgan fingerprint density at radius 3 is 2.42 bits per heavy atom. The average molecular weight is 262 g/mol. The van der Waals surface area contributed by atoms with Crippen molar-refractivity contribution >= 4 is 5.91 Å². The lowest BCUT2D eigenvalue weighted by Crippen LogP contribution is -2.38. The summed E-state index contributed by atoms with van der Waals surface area (Å²) in [4.78, 5) is 13.8. The first-order valence-electron chi connectivity index (χ1n) is 7.07. The number of likely N-dealkylation sites (N-methyl/N-ethyl adjacent to an activating group) is 1. The van der Waals surface area contributed by atoms with Crippen molar-refractivity contribution in [2.24, 2.45) is 0 Å². The molecule has 1 N–H and O–H groups in total. The molecule has 0 saturated carbocycles. The van der Waals surface area contributed by atoms with Crippen LogP contribution in [0.3, 0.4) is 0 Å². The minimum Gasteiger partial charge on any atom is -0.342 e. The molecule has 1 aromatic rings. The second-order valence-electron chi connectivity index (χ2n) is 5.03. The molecule has 0 aliphatic rings. The van der Waals surface area contributed by atoms with Crippen LogP contribution >= 0.6 is 0 Å². The van der Waals surface area contributed by atoms with Gasteiger partial charge < -0.3 is 10.2 Å². The third kappa shape index (κ3) is 4.35. The molecule has 0 aliphatic heterocycles. The Bertz CT molecular complexity index is 425. The van der Waals surface area contributed by atoms with Crippen LogP contribution < -0.4 is 5.32 Å². The SMILES string of the molecule is CCN(CC)C(=O)CNC(C)c1ccc(C)cc1C. The van der Waals surface area contributed by atoms with E-state index in [4.69, 9.17) is 0 Å². The topological polar surface area (TPSA) is 32.3 Å². The monoisotopic (exact) mass is 262 g/mol. The molecule has 0 fully saturated rings. The predicted octanol–water partition coefficient (Wildman–Crippen LogP) is 2.82.